The third-order valence-electron chi connectivity index (χ3n) is 3.02. The minimum atomic E-state index is -0.293. The number of aliphatic hydroxyl groups excluding tert-OH is 1. The van der Waals surface area contributed by atoms with Crippen molar-refractivity contribution in [2.24, 2.45) is 5.92 Å². The number of aromatic nitrogens is 2. The molecule has 1 aliphatic carbocycles. The molecule has 17 heavy (non-hydrogen) atoms. The zero-order chi connectivity index (χ0) is 12.4. The summed E-state index contributed by atoms with van der Waals surface area (Å²) >= 11 is 5.98. The van der Waals surface area contributed by atoms with E-state index in [0.29, 0.717) is 29.1 Å². The molecule has 1 unspecified atom stereocenters. The van der Waals surface area contributed by atoms with Crippen LogP contribution in [0, 0.1) is 5.92 Å². The van der Waals surface area contributed by atoms with Gasteiger partial charge < -0.3 is 15.3 Å². The molecule has 2 N–H and O–H groups in total. The standard InChI is InChI=1S/C11H17ClN4O/c1-13-9-10(12)14-6-15-11(9)16(2)5-8(17)7-3-4-7/h6-8,13,17H,3-5H2,1-2H3. The van der Waals surface area contributed by atoms with Crippen LogP contribution in [0.1, 0.15) is 12.8 Å². The quantitative estimate of drug-likeness (QED) is 0.780. The first-order valence-electron chi connectivity index (χ1n) is 5.71. The van der Waals surface area contributed by atoms with E-state index in [4.69, 9.17) is 11.6 Å². The maximum absolute atomic E-state index is 9.92. The normalized spacial score (nSPS) is 16.7. The lowest BCUT2D eigenvalue weighted by Crippen LogP contribution is -2.31. The van der Waals surface area contributed by atoms with Gasteiger partial charge in [0.1, 0.15) is 12.0 Å². The minimum absolute atomic E-state index is 0.293. The molecular formula is C11H17ClN4O. The first kappa shape index (κ1) is 12.4. The van der Waals surface area contributed by atoms with Crippen LogP contribution in [0.25, 0.3) is 0 Å². The first-order chi connectivity index (χ1) is 8.13. The van der Waals surface area contributed by atoms with E-state index in [-0.39, 0.29) is 6.10 Å². The SMILES string of the molecule is CNc1c(Cl)ncnc1N(C)CC(O)C1CC1. The summed E-state index contributed by atoms with van der Waals surface area (Å²) in [6.45, 7) is 0.562. The van der Waals surface area contributed by atoms with Crippen molar-refractivity contribution >= 4 is 23.1 Å². The molecule has 0 bridgehead atoms. The second-order valence-corrected chi connectivity index (χ2v) is 4.76. The van der Waals surface area contributed by atoms with Crippen molar-refractivity contribution in [3.05, 3.63) is 11.5 Å². The lowest BCUT2D eigenvalue weighted by molar-refractivity contribution is 0.158. The van der Waals surface area contributed by atoms with Crippen molar-refractivity contribution in [1.29, 1.82) is 0 Å². The van der Waals surface area contributed by atoms with E-state index in [1.54, 1.807) is 7.05 Å². The lowest BCUT2D eigenvalue weighted by Gasteiger charge is -2.23. The monoisotopic (exact) mass is 256 g/mol. The molecule has 2 rings (SSSR count). The number of rotatable bonds is 5. The average molecular weight is 257 g/mol. The van der Waals surface area contributed by atoms with Crippen molar-refractivity contribution < 1.29 is 5.11 Å². The molecule has 94 valence electrons. The highest BCUT2D eigenvalue weighted by atomic mass is 35.5. The van der Waals surface area contributed by atoms with Crippen LogP contribution >= 0.6 is 11.6 Å². The summed E-state index contributed by atoms with van der Waals surface area (Å²) in [5, 5.41) is 13.3. The topological polar surface area (TPSA) is 61.3 Å². The Bertz CT molecular complexity index is 397. The second kappa shape index (κ2) is 5.06. The van der Waals surface area contributed by atoms with Gasteiger partial charge in [0.15, 0.2) is 11.0 Å². The summed E-state index contributed by atoms with van der Waals surface area (Å²) in [6.07, 6.45) is 3.38. The third kappa shape index (κ3) is 2.79. The minimum Gasteiger partial charge on any atom is -0.391 e. The summed E-state index contributed by atoms with van der Waals surface area (Å²) in [4.78, 5) is 10.0. The van der Waals surface area contributed by atoms with Gasteiger partial charge in [0.25, 0.3) is 0 Å². The molecular weight excluding hydrogens is 240 g/mol. The van der Waals surface area contributed by atoms with Gasteiger partial charge in [-0.2, -0.15) is 0 Å². The molecule has 0 aromatic carbocycles. The number of nitrogens with one attached hydrogen (secondary N) is 1. The molecule has 1 saturated carbocycles. The Kier molecular flexibility index (Phi) is 3.69. The molecule has 6 heteroatoms. The maximum atomic E-state index is 9.92. The highest BCUT2D eigenvalue weighted by molar-refractivity contribution is 6.32. The molecule has 1 aliphatic rings. The largest absolute Gasteiger partial charge is 0.391 e. The molecule has 1 aromatic heterocycles. The molecule has 0 radical (unpaired) electrons. The zero-order valence-corrected chi connectivity index (χ0v) is 10.8. The van der Waals surface area contributed by atoms with Crippen LogP contribution in [0.2, 0.25) is 5.15 Å². The van der Waals surface area contributed by atoms with Gasteiger partial charge in [0.05, 0.1) is 6.10 Å². The van der Waals surface area contributed by atoms with Crippen molar-refractivity contribution in [2.75, 3.05) is 30.9 Å². The molecule has 0 spiro atoms. The lowest BCUT2D eigenvalue weighted by atomic mass is 10.2. The van der Waals surface area contributed by atoms with Crippen LogP contribution in [0.15, 0.2) is 6.33 Å². The second-order valence-electron chi connectivity index (χ2n) is 4.40. The predicted molar refractivity (Wildman–Crippen MR) is 68.6 cm³/mol. The number of nitrogens with zero attached hydrogens (tertiary/aromatic N) is 3. The number of hydrogen-bond acceptors (Lipinski definition) is 5. The Hall–Kier alpha value is -1.07. The molecule has 1 heterocycles. The summed E-state index contributed by atoms with van der Waals surface area (Å²) < 4.78 is 0. The van der Waals surface area contributed by atoms with Crippen LogP contribution < -0.4 is 10.2 Å². The summed E-state index contributed by atoms with van der Waals surface area (Å²) in [7, 11) is 3.67. The van der Waals surface area contributed by atoms with Gasteiger partial charge in [-0.25, -0.2) is 9.97 Å². The number of likely N-dealkylation sites (N-methyl/N-ethyl adjacent to an activating group) is 1. The molecule has 5 nitrogen and oxygen atoms in total. The van der Waals surface area contributed by atoms with Crippen LogP contribution in [-0.2, 0) is 0 Å². The van der Waals surface area contributed by atoms with Gasteiger partial charge in [0.2, 0.25) is 0 Å². The van der Waals surface area contributed by atoms with Gasteiger partial charge >= 0.3 is 0 Å². The number of aliphatic hydroxyl groups is 1. The molecule has 0 aliphatic heterocycles. The fraction of sp³-hybridized carbons (Fsp3) is 0.636. The van der Waals surface area contributed by atoms with Crippen molar-refractivity contribution in [3.8, 4) is 0 Å². The van der Waals surface area contributed by atoms with E-state index in [2.05, 4.69) is 15.3 Å². The van der Waals surface area contributed by atoms with Crippen LogP contribution in [0.4, 0.5) is 11.5 Å². The molecule has 0 saturated heterocycles. The summed E-state index contributed by atoms with van der Waals surface area (Å²) in [6, 6.07) is 0. The Morgan fingerprint density at radius 2 is 2.29 bits per heavy atom. The van der Waals surface area contributed by atoms with E-state index in [9.17, 15) is 5.11 Å². The van der Waals surface area contributed by atoms with E-state index < -0.39 is 0 Å². The van der Waals surface area contributed by atoms with Gasteiger partial charge in [-0.1, -0.05) is 11.6 Å². The van der Waals surface area contributed by atoms with Gasteiger partial charge in [-0.3, -0.25) is 0 Å². The van der Waals surface area contributed by atoms with E-state index >= 15 is 0 Å². The molecule has 1 fully saturated rings. The fourth-order valence-electron chi connectivity index (χ4n) is 1.86. The molecule has 1 aromatic rings. The van der Waals surface area contributed by atoms with Crippen LogP contribution in [-0.4, -0.2) is 41.8 Å². The first-order valence-corrected chi connectivity index (χ1v) is 6.08. The van der Waals surface area contributed by atoms with Crippen LogP contribution in [0.3, 0.4) is 0 Å². The number of hydrogen-bond donors (Lipinski definition) is 2. The average Bonchev–Trinajstić information content (AvgIpc) is 3.12. The summed E-state index contributed by atoms with van der Waals surface area (Å²) in [5.41, 5.74) is 0.694. The van der Waals surface area contributed by atoms with Crippen LogP contribution in [0.5, 0.6) is 0 Å². The fourth-order valence-corrected chi connectivity index (χ4v) is 2.08. The van der Waals surface area contributed by atoms with E-state index in [1.807, 2.05) is 11.9 Å². The maximum Gasteiger partial charge on any atom is 0.157 e. The third-order valence-corrected chi connectivity index (χ3v) is 3.31. The number of anilines is 2. The van der Waals surface area contributed by atoms with Gasteiger partial charge in [0, 0.05) is 20.6 Å². The van der Waals surface area contributed by atoms with Gasteiger partial charge in [-0.15, -0.1) is 0 Å². The molecule has 1 atom stereocenters. The van der Waals surface area contributed by atoms with E-state index in [0.717, 1.165) is 12.8 Å². The number of halogens is 1. The Morgan fingerprint density at radius 3 is 2.88 bits per heavy atom. The van der Waals surface area contributed by atoms with Crippen molar-refractivity contribution in [3.63, 3.8) is 0 Å². The van der Waals surface area contributed by atoms with Crippen molar-refractivity contribution in [2.45, 2.75) is 18.9 Å². The Morgan fingerprint density at radius 1 is 1.59 bits per heavy atom. The Labute approximate surface area is 106 Å². The van der Waals surface area contributed by atoms with E-state index in [1.165, 1.54) is 6.33 Å². The predicted octanol–water partition coefficient (Wildman–Crippen LogP) is 1.38. The highest BCUT2D eigenvalue weighted by Crippen LogP contribution is 2.34. The summed E-state index contributed by atoms with van der Waals surface area (Å²) in [5.74, 6) is 1.17. The molecule has 0 amide bonds. The Balaban J connectivity index is 2.11. The zero-order valence-electron chi connectivity index (χ0n) is 10.0. The smallest absolute Gasteiger partial charge is 0.157 e. The van der Waals surface area contributed by atoms with Gasteiger partial charge in [-0.05, 0) is 18.8 Å². The van der Waals surface area contributed by atoms with Crippen molar-refractivity contribution in [1.82, 2.24) is 9.97 Å². The highest BCUT2D eigenvalue weighted by Gasteiger charge is 2.30.